The quantitative estimate of drug-likeness (QED) is 0.509. The van der Waals surface area contributed by atoms with Crippen molar-refractivity contribution in [2.45, 2.75) is 25.9 Å². The fourth-order valence-corrected chi connectivity index (χ4v) is 2.80. The molecule has 2 heterocycles. The molecule has 27 heavy (non-hydrogen) atoms. The van der Waals surface area contributed by atoms with E-state index in [1.54, 1.807) is 31.3 Å². The Morgan fingerprint density at radius 2 is 1.96 bits per heavy atom. The molecule has 0 saturated heterocycles. The van der Waals surface area contributed by atoms with Gasteiger partial charge < -0.3 is 9.84 Å². The molecule has 6 nitrogen and oxygen atoms in total. The average molecular weight is 368 g/mol. The lowest BCUT2D eigenvalue weighted by atomic mass is 10.0. The predicted octanol–water partition coefficient (Wildman–Crippen LogP) is 3.20. The van der Waals surface area contributed by atoms with Gasteiger partial charge in [-0.2, -0.15) is 0 Å². The molecule has 0 aliphatic heterocycles. The van der Waals surface area contributed by atoms with E-state index >= 15 is 0 Å². The molecule has 0 amide bonds. The van der Waals surface area contributed by atoms with Gasteiger partial charge in [0.1, 0.15) is 11.3 Å². The van der Waals surface area contributed by atoms with Crippen LogP contribution in [0.5, 0.6) is 5.75 Å². The van der Waals surface area contributed by atoms with Gasteiger partial charge in [-0.15, -0.1) is 0 Å². The maximum Gasteiger partial charge on any atom is 0.293 e. The number of nitrogens with zero attached hydrogens (tertiary/aromatic N) is 2. The first kappa shape index (κ1) is 18.4. The van der Waals surface area contributed by atoms with Crippen molar-refractivity contribution in [3.63, 3.8) is 0 Å². The summed E-state index contributed by atoms with van der Waals surface area (Å²) in [7, 11) is 0. The molecule has 0 aliphatic rings. The Morgan fingerprint density at radius 3 is 2.63 bits per heavy atom. The minimum Gasteiger partial charge on any atom is -0.505 e. The van der Waals surface area contributed by atoms with Crippen molar-refractivity contribution in [1.29, 1.82) is 0 Å². The molecule has 0 fully saturated rings. The van der Waals surface area contributed by atoms with Crippen molar-refractivity contribution in [1.82, 2.24) is 9.97 Å². The first-order valence-electron chi connectivity index (χ1n) is 8.37. The number of fused-ring (bicyclic) bond motifs is 1. The SMILES string of the molecule is CCC(OC=O)C(=O)c1cnc2cc(Cc3ccc(F)cc3)cnc2c1O. The Hall–Kier alpha value is -3.35. The van der Waals surface area contributed by atoms with Gasteiger partial charge in [-0.05, 0) is 42.2 Å². The number of aromatic hydroxyl groups is 1. The summed E-state index contributed by atoms with van der Waals surface area (Å²) in [5.41, 5.74) is 2.30. The van der Waals surface area contributed by atoms with Crippen LogP contribution in [0.25, 0.3) is 11.0 Å². The largest absolute Gasteiger partial charge is 0.505 e. The number of ketones is 1. The Kier molecular flexibility index (Phi) is 5.40. The van der Waals surface area contributed by atoms with E-state index in [1.165, 1.54) is 18.3 Å². The molecule has 3 rings (SSSR count). The van der Waals surface area contributed by atoms with Crippen molar-refractivity contribution in [2.75, 3.05) is 0 Å². The second-order valence-electron chi connectivity index (χ2n) is 6.03. The predicted molar refractivity (Wildman–Crippen MR) is 96.0 cm³/mol. The van der Waals surface area contributed by atoms with E-state index in [1.807, 2.05) is 0 Å². The molecule has 1 unspecified atom stereocenters. The molecule has 0 saturated carbocycles. The highest BCUT2D eigenvalue weighted by Gasteiger charge is 2.24. The molecule has 7 heteroatoms. The Bertz CT molecular complexity index is 989. The Labute approximate surface area is 154 Å². The molecule has 0 aliphatic carbocycles. The second kappa shape index (κ2) is 7.90. The Morgan fingerprint density at radius 1 is 1.22 bits per heavy atom. The summed E-state index contributed by atoms with van der Waals surface area (Å²) in [6.45, 7) is 1.90. The van der Waals surface area contributed by atoms with Crippen LogP contribution in [0, 0.1) is 5.82 Å². The minimum absolute atomic E-state index is 0.0463. The van der Waals surface area contributed by atoms with Gasteiger partial charge in [0.15, 0.2) is 11.9 Å². The molecule has 1 aromatic carbocycles. The summed E-state index contributed by atoms with van der Waals surface area (Å²) >= 11 is 0. The van der Waals surface area contributed by atoms with E-state index < -0.39 is 11.9 Å². The number of carbonyl (C=O) groups excluding carboxylic acids is 2. The van der Waals surface area contributed by atoms with Gasteiger partial charge in [-0.25, -0.2) is 4.39 Å². The third-order valence-electron chi connectivity index (χ3n) is 4.21. The van der Waals surface area contributed by atoms with E-state index in [0.29, 0.717) is 11.9 Å². The van der Waals surface area contributed by atoms with Crippen molar-refractivity contribution >= 4 is 23.3 Å². The summed E-state index contributed by atoms with van der Waals surface area (Å²) in [6, 6.07) is 7.89. The highest BCUT2D eigenvalue weighted by atomic mass is 19.1. The van der Waals surface area contributed by atoms with Gasteiger partial charge in [-0.1, -0.05) is 19.1 Å². The fourth-order valence-electron chi connectivity index (χ4n) is 2.80. The number of halogens is 1. The standard InChI is InChI=1S/C20H17FN2O4/c1-2-17(27-11-24)19(25)15-10-22-16-8-13(9-23-18(16)20(15)26)7-12-3-5-14(21)6-4-12/h3-6,8-11,17H,2,7H2,1H3,(H,22,26). The van der Waals surface area contributed by atoms with E-state index in [0.717, 1.165) is 11.1 Å². The maximum absolute atomic E-state index is 13.0. The lowest BCUT2D eigenvalue weighted by molar-refractivity contribution is -0.131. The van der Waals surface area contributed by atoms with Crippen LogP contribution in [-0.4, -0.2) is 33.4 Å². The number of benzene rings is 1. The first-order valence-corrected chi connectivity index (χ1v) is 8.37. The summed E-state index contributed by atoms with van der Waals surface area (Å²) in [5.74, 6) is -1.14. The van der Waals surface area contributed by atoms with Gasteiger partial charge in [0.2, 0.25) is 5.78 Å². The van der Waals surface area contributed by atoms with Crippen LogP contribution in [0.3, 0.4) is 0 Å². The summed E-state index contributed by atoms with van der Waals surface area (Å²) < 4.78 is 17.8. The van der Waals surface area contributed by atoms with Gasteiger partial charge >= 0.3 is 0 Å². The zero-order valence-electron chi connectivity index (χ0n) is 14.6. The third-order valence-corrected chi connectivity index (χ3v) is 4.21. The average Bonchev–Trinajstić information content (AvgIpc) is 2.67. The summed E-state index contributed by atoms with van der Waals surface area (Å²) in [6.07, 6.45) is 2.64. The number of ether oxygens (including phenoxy) is 1. The van der Waals surface area contributed by atoms with Crippen molar-refractivity contribution in [3.8, 4) is 5.75 Å². The monoisotopic (exact) mass is 368 g/mol. The summed E-state index contributed by atoms with van der Waals surface area (Å²) in [5, 5.41) is 10.4. The number of hydrogen-bond acceptors (Lipinski definition) is 6. The molecule has 2 aromatic heterocycles. The normalized spacial score (nSPS) is 11.9. The van der Waals surface area contributed by atoms with Crippen LogP contribution < -0.4 is 0 Å². The van der Waals surface area contributed by atoms with Crippen LogP contribution >= 0.6 is 0 Å². The van der Waals surface area contributed by atoms with Gasteiger partial charge in [0.05, 0.1) is 11.1 Å². The van der Waals surface area contributed by atoms with E-state index in [-0.39, 0.29) is 35.5 Å². The molecule has 0 spiro atoms. The molecule has 0 radical (unpaired) electrons. The fraction of sp³-hybridized carbons (Fsp3) is 0.200. The number of carbonyl (C=O) groups is 2. The zero-order valence-corrected chi connectivity index (χ0v) is 14.6. The van der Waals surface area contributed by atoms with Crippen LogP contribution in [-0.2, 0) is 16.0 Å². The first-order chi connectivity index (χ1) is 13.0. The van der Waals surface area contributed by atoms with E-state index in [2.05, 4.69) is 9.97 Å². The lowest BCUT2D eigenvalue weighted by Gasteiger charge is -2.13. The molecule has 1 N–H and O–H groups in total. The molecule has 138 valence electrons. The van der Waals surface area contributed by atoms with Crippen LogP contribution in [0.2, 0.25) is 0 Å². The van der Waals surface area contributed by atoms with Crippen LogP contribution in [0.15, 0.2) is 42.7 Å². The molecule has 1 atom stereocenters. The second-order valence-corrected chi connectivity index (χ2v) is 6.03. The minimum atomic E-state index is -0.981. The van der Waals surface area contributed by atoms with Crippen LogP contribution in [0.1, 0.15) is 34.8 Å². The van der Waals surface area contributed by atoms with Gasteiger partial charge in [0.25, 0.3) is 6.47 Å². The maximum atomic E-state index is 13.0. The molecule has 0 bridgehead atoms. The highest BCUT2D eigenvalue weighted by molar-refractivity contribution is 6.05. The lowest BCUT2D eigenvalue weighted by Crippen LogP contribution is -2.23. The van der Waals surface area contributed by atoms with Gasteiger partial charge in [-0.3, -0.25) is 19.6 Å². The molecule has 3 aromatic rings. The highest BCUT2D eigenvalue weighted by Crippen LogP contribution is 2.28. The van der Waals surface area contributed by atoms with Crippen molar-refractivity contribution in [2.24, 2.45) is 0 Å². The van der Waals surface area contributed by atoms with Gasteiger partial charge in [0, 0.05) is 12.4 Å². The number of Topliss-reactive ketones (excluding diaryl/α,β-unsaturated/α-hetero) is 1. The third kappa shape index (κ3) is 3.92. The topological polar surface area (TPSA) is 89.4 Å². The summed E-state index contributed by atoms with van der Waals surface area (Å²) in [4.78, 5) is 31.4. The van der Waals surface area contributed by atoms with Crippen molar-refractivity contribution in [3.05, 3.63) is 65.2 Å². The number of pyridine rings is 2. The van der Waals surface area contributed by atoms with Crippen molar-refractivity contribution < 1.29 is 23.8 Å². The smallest absolute Gasteiger partial charge is 0.293 e. The van der Waals surface area contributed by atoms with Crippen LogP contribution in [0.4, 0.5) is 4.39 Å². The molecular formula is C20H17FN2O4. The number of rotatable bonds is 7. The Balaban J connectivity index is 1.92. The molecular weight excluding hydrogens is 351 g/mol. The zero-order chi connectivity index (χ0) is 19.4. The number of hydrogen-bond donors (Lipinski definition) is 1. The van der Waals surface area contributed by atoms with E-state index in [4.69, 9.17) is 4.74 Å². The number of aromatic nitrogens is 2. The van der Waals surface area contributed by atoms with E-state index in [9.17, 15) is 19.1 Å².